The highest BCUT2D eigenvalue weighted by atomic mass is 16.3. The Labute approximate surface area is 94.5 Å². The van der Waals surface area contributed by atoms with Crippen molar-refractivity contribution >= 4 is 10.8 Å². The number of benzene rings is 2. The van der Waals surface area contributed by atoms with Gasteiger partial charge in [-0.05, 0) is 18.9 Å². The molecule has 2 aromatic carbocycles. The average Bonchev–Trinajstić information content (AvgIpc) is 2.32. The van der Waals surface area contributed by atoms with Gasteiger partial charge in [-0.1, -0.05) is 30.3 Å². The van der Waals surface area contributed by atoms with Crippen LogP contribution in [0.15, 0.2) is 36.9 Å². The summed E-state index contributed by atoms with van der Waals surface area (Å²) in [5, 5.41) is 21.5. The Bertz CT molecular complexity index is 556. The van der Waals surface area contributed by atoms with Crippen molar-refractivity contribution in [1.82, 2.24) is 0 Å². The highest BCUT2D eigenvalue weighted by molar-refractivity contribution is 5.95. The minimum Gasteiger partial charge on any atom is -0.507 e. The third kappa shape index (κ3) is 1.43. The predicted octanol–water partition coefficient (Wildman–Crippen LogP) is 3.29. The molecule has 0 aliphatic rings. The summed E-state index contributed by atoms with van der Waals surface area (Å²) in [4.78, 5) is 0. The maximum atomic E-state index is 10.1. The Kier molecular flexibility index (Phi) is 2.57. The maximum absolute atomic E-state index is 10.1. The van der Waals surface area contributed by atoms with Crippen LogP contribution in [0.4, 0.5) is 0 Å². The van der Waals surface area contributed by atoms with E-state index in [1.807, 2.05) is 12.1 Å². The van der Waals surface area contributed by atoms with Crippen LogP contribution in [0.3, 0.4) is 0 Å². The van der Waals surface area contributed by atoms with Crippen molar-refractivity contribution in [2.24, 2.45) is 0 Å². The molecule has 0 aromatic heterocycles. The molecule has 0 atom stereocenters. The molecule has 0 bridgehead atoms. The zero-order valence-corrected chi connectivity index (χ0v) is 9.20. The summed E-state index contributed by atoms with van der Waals surface area (Å²) in [6, 6.07) is 7.29. The van der Waals surface area contributed by atoms with E-state index in [2.05, 4.69) is 6.58 Å². The topological polar surface area (TPSA) is 40.5 Å². The van der Waals surface area contributed by atoms with Crippen LogP contribution in [0.5, 0.6) is 11.5 Å². The van der Waals surface area contributed by atoms with Crippen LogP contribution in [0.25, 0.3) is 10.8 Å². The molecule has 16 heavy (non-hydrogen) atoms. The van der Waals surface area contributed by atoms with Gasteiger partial charge in [0.2, 0.25) is 0 Å². The molecule has 0 saturated carbocycles. The van der Waals surface area contributed by atoms with Crippen molar-refractivity contribution in [1.29, 1.82) is 0 Å². The summed E-state index contributed by atoms with van der Waals surface area (Å²) in [7, 11) is 0. The van der Waals surface area contributed by atoms with Gasteiger partial charge in [0.05, 0.1) is 0 Å². The zero-order chi connectivity index (χ0) is 11.7. The largest absolute Gasteiger partial charge is 0.507 e. The molecule has 2 aromatic rings. The van der Waals surface area contributed by atoms with Gasteiger partial charge in [0, 0.05) is 16.3 Å². The molecular weight excluding hydrogens is 200 g/mol. The van der Waals surface area contributed by atoms with Crippen LogP contribution >= 0.6 is 0 Å². The lowest BCUT2D eigenvalue weighted by Gasteiger charge is -2.12. The molecule has 0 fully saturated rings. The van der Waals surface area contributed by atoms with Crippen LogP contribution in [-0.4, -0.2) is 10.2 Å². The molecule has 0 unspecified atom stereocenters. The number of rotatable bonds is 2. The maximum Gasteiger partial charge on any atom is 0.127 e. The predicted molar refractivity (Wildman–Crippen MR) is 65.9 cm³/mol. The summed E-state index contributed by atoms with van der Waals surface area (Å²) >= 11 is 0. The lowest BCUT2D eigenvalue weighted by atomic mass is 9.97. The molecule has 0 spiro atoms. The fraction of sp³-hybridized carbons (Fsp3) is 0.143. The number of aromatic hydroxyl groups is 2. The molecule has 0 aliphatic heterocycles. The average molecular weight is 214 g/mol. The van der Waals surface area contributed by atoms with Gasteiger partial charge in [-0.25, -0.2) is 0 Å². The lowest BCUT2D eigenvalue weighted by molar-refractivity contribution is 0.461. The van der Waals surface area contributed by atoms with Gasteiger partial charge in [-0.3, -0.25) is 0 Å². The van der Waals surface area contributed by atoms with Crippen LogP contribution in [0, 0.1) is 6.92 Å². The monoisotopic (exact) mass is 214 g/mol. The van der Waals surface area contributed by atoms with E-state index in [1.165, 1.54) is 0 Å². The minimum absolute atomic E-state index is 0.241. The molecule has 2 nitrogen and oxygen atoms in total. The van der Waals surface area contributed by atoms with E-state index in [1.54, 1.807) is 25.1 Å². The first-order valence-electron chi connectivity index (χ1n) is 5.19. The molecule has 0 aliphatic carbocycles. The molecule has 2 rings (SSSR count). The van der Waals surface area contributed by atoms with Crippen LogP contribution in [0.2, 0.25) is 0 Å². The second-order valence-corrected chi connectivity index (χ2v) is 3.84. The van der Waals surface area contributed by atoms with Crippen LogP contribution in [0.1, 0.15) is 11.1 Å². The normalized spacial score (nSPS) is 10.6. The molecule has 2 N–H and O–H groups in total. The van der Waals surface area contributed by atoms with E-state index >= 15 is 0 Å². The zero-order valence-electron chi connectivity index (χ0n) is 9.20. The summed E-state index contributed by atoms with van der Waals surface area (Å²) < 4.78 is 0. The first-order chi connectivity index (χ1) is 7.66. The molecular formula is C14H14O2. The SMILES string of the molecule is C=CCc1c(C)c(O)c2ccccc2c1O. The third-order valence-corrected chi connectivity index (χ3v) is 2.88. The standard InChI is InChI=1S/C14H14O2/c1-3-6-10-9(2)13(15)11-7-4-5-8-12(11)14(10)16/h3-5,7-8,15-16H,1,6H2,2H3. The summed E-state index contributed by atoms with van der Waals surface area (Å²) in [6.45, 7) is 5.46. The summed E-state index contributed by atoms with van der Waals surface area (Å²) in [5.74, 6) is 0.482. The second-order valence-electron chi connectivity index (χ2n) is 3.84. The Balaban J connectivity index is 2.88. The summed E-state index contributed by atoms with van der Waals surface area (Å²) in [5.41, 5.74) is 1.46. The van der Waals surface area contributed by atoms with Gasteiger partial charge in [-0.2, -0.15) is 0 Å². The van der Waals surface area contributed by atoms with E-state index < -0.39 is 0 Å². The Hall–Kier alpha value is -1.96. The lowest BCUT2D eigenvalue weighted by Crippen LogP contribution is -1.91. The quantitative estimate of drug-likeness (QED) is 0.595. The van der Waals surface area contributed by atoms with E-state index in [0.29, 0.717) is 17.2 Å². The molecule has 0 heterocycles. The Morgan fingerprint density at radius 1 is 1.12 bits per heavy atom. The number of fused-ring (bicyclic) bond motifs is 1. The van der Waals surface area contributed by atoms with Crippen molar-refractivity contribution in [2.75, 3.05) is 0 Å². The van der Waals surface area contributed by atoms with E-state index in [-0.39, 0.29) is 11.5 Å². The first-order valence-corrected chi connectivity index (χ1v) is 5.19. The molecule has 82 valence electrons. The smallest absolute Gasteiger partial charge is 0.127 e. The number of hydrogen-bond donors (Lipinski definition) is 2. The van der Waals surface area contributed by atoms with Crippen molar-refractivity contribution < 1.29 is 10.2 Å². The summed E-state index contributed by atoms with van der Waals surface area (Å²) in [6.07, 6.45) is 2.27. The van der Waals surface area contributed by atoms with Gasteiger partial charge >= 0.3 is 0 Å². The van der Waals surface area contributed by atoms with Gasteiger partial charge < -0.3 is 10.2 Å². The fourth-order valence-corrected chi connectivity index (χ4v) is 1.98. The van der Waals surface area contributed by atoms with Crippen molar-refractivity contribution in [3.8, 4) is 11.5 Å². The highest BCUT2D eigenvalue weighted by Crippen LogP contribution is 2.39. The van der Waals surface area contributed by atoms with Crippen LogP contribution < -0.4 is 0 Å². The van der Waals surface area contributed by atoms with Gasteiger partial charge in [-0.15, -0.1) is 6.58 Å². The van der Waals surface area contributed by atoms with Crippen LogP contribution in [-0.2, 0) is 6.42 Å². The Morgan fingerprint density at radius 3 is 2.25 bits per heavy atom. The van der Waals surface area contributed by atoms with Gasteiger partial charge in [0.25, 0.3) is 0 Å². The van der Waals surface area contributed by atoms with E-state index in [0.717, 1.165) is 11.1 Å². The molecule has 0 radical (unpaired) electrons. The molecule has 0 saturated heterocycles. The minimum atomic E-state index is 0.241. The number of hydrogen-bond acceptors (Lipinski definition) is 2. The Morgan fingerprint density at radius 2 is 1.69 bits per heavy atom. The van der Waals surface area contributed by atoms with Crippen molar-refractivity contribution in [3.05, 3.63) is 48.0 Å². The van der Waals surface area contributed by atoms with E-state index in [9.17, 15) is 10.2 Å². The van der Waals surface area contributed by atoms with Crippen molar-refractivity contribution in [3.63, 3.8) is 0 Å². The molecule has 0 amide bonds. The highest BCUT2D eigenvalue weighted by Gasteiger charge is 2.14. The number of phenols is 2. The molecule has 2 heteroatoms. The van der Waals surface area contributed by atoms with Crippen molar-refractivity contribution in [2.45, 2.75) is 13.3 Å². The fourth-order valence-electron chi connectivity index (χ4n) is 1.98. The first kappa shape index (κ1) is 10.6. The van der Waals surface area contributed by atoms with Gasteiger partial charge in [0.1, 0.15) is 11.5 Å². The third-order valence-electron chi connectivity index (χ3n) is 2.88. The van der Waals surface area contributed by atoms with E-state index in [4.69, 9.17) is 0 Å². The second kappa shape index (κ2) is 3.89. The number of phenolic OH excluding ortho intramolecular Hbond substituents is 2. The van der Waals surface area contributed by atoms with Gasteiger partial charge in [0.15, 0.2) is 0 Å². The number of allylic oxidation sites excluding steroid dienone is 1.